The molecule has 0 aliphatic heterocycles. The van der Waals surface area contributed by atoms with Gasteiger partial charge >= 0.3 is 0 Å². The number of rotatable bonds is 4. The van der Waals surface area contributed by atoms with E-state index in [1.165, 1.54) is 12.8 Å². The van der Waals surface area contributed by atoms with E-state index < -0.39 is 5.91 Å². The highest BCUT2D eigenvalue weighted by molar-refractivity contribution is 5.96. The van der Waals surface area contributed by atoms with Crippen LogP contribution in [-0.4, -0.2) is 12.5 Å². The monoisotopic (exact) mass is 206 g/mol. The first-order valence-electron chi connectivity index (χ1n) is 4.99. The molecule has 1 aliphatic rings. The molecule has 4 N–H and O–H groups in total. The summed E-state index contributed by atoms with van der Waals surface area (Å²) in [6.07, 6.45) is 2.41. The Balaban J connectivity index is 2.16. The number of primary amides is 1. The molecule has 80 valence electrons. The van der Waals surface area contributed by atoms with E-state index in [-0.39, 0.29) is 0 Å². The molecule has 0 unspecified atom stereocenters. The molecule has 1 aromatic carbocycles. The van der Waals surface area contributed by atoms with Crippen molar-refractivity contribution in [1.82, 2.24) is 0 Å². The number of amides is 1. The molecule has 0 saturated heterocycles. The van der Waals surface area contributed by atoms with Crippen LogP contribution in [0.5, 0.6) is 5.75 Å². The molecular weight excluding hydrogens is 192 g/mol. The Kier molecular flexibility index (Phi) is 2.49. The zero-order chi connectivity index (χ0) is 10.8. The van der Waals surface area contributed by atoms with Crippen molar-refractivity contribution in [2.75, 3.05) is 12.3 Å². The summed E-state index contributed by atoms with van der Waals surface area (Å²) >= 11 is 0. The molecule has 15 heavy (non-hydrogen) atoms. The molecule has 0 aromatic heterocycles. The van der Waals surface area contributed by atoms with Crippen molar-refractivity contribution < 1.29 is 9.53 Å². The zero-order valence-corrected chi connectivity index (χ0v) is 8.40. The van der Waals surface area contributed by atoms with Crippen LogP contribution in [0.1, 0.15) is 23.2 Å². The summed E-state index contributed by atoms with van der Waals surface area (Å²) in [6, 6.07) is 4.88. The molecule has 1 aliphatic carbocycles. The minimum atomic E-state index is -0.485. The van der Waals surface area contributed by atoms with E-state index in [2.05, 4.69) is 0 Å². The van der Waals surface area contributed by atoms with E-state index >= 15 is 0 Å². The molecule has 0 spiro atoms. The first-order valence-corrected chi connectivity index (χ1v) is 4.99. The fourth-order valence-electron chi connectivity index (χ4n) is 1.35. The fourth-order valence-corrected chi connectivity index (χ4v) is 1.35. The second kappa shape index (κ2) is 3.81. The Hall–Kier alpha value is -1.71. The highest BCUT2D eigenvalue weighted by Crippen LogP contribution is 2.30. The van der Waals surface area contributed by atoms with Gasteiger partial charge in [0.1, 0.15) is 5.75 Å². The molecule has 1 saturated carbocycles. The first-order chi connectivity index (χ1) is 7.16. The van der Waals surface area contributed by atoms with E-state index in [0.717, 1.165) is 0 Å². The van der Waals surface area contributed by atoms with Gasteiger partial charge in [-0.25, -0.2) is 0 Å². The lowest BCUT2D eigenvalue weighted by Crippen LogP contribution is -2.14. The molecule has 0 radical (unpaired) electrons. The quantitative estimate of drug-likeness (QED) is 0.725. The van der Waals surface area contributed by atoms with Crippen molar-refractivity contribution in [2.24, 2.45) is 11.7 Å². The third-order valence-electron chi connectivity index (χ3n) is 2.44. The maximum atomic E-state index is 11.1. The Bertz CT molecular complexity index is 386. The van der Waals surface area contributed by atoms with Crippen LogP contribution >= 0.6 is 0 Å². The molecule has 0 heterocycles. The van der Waals surface area contributed by atoms with Gasteiger partial charge < -0.3 is 16.2 Å². The molecule has 2 rings (SSSR count). The predicted molar refractivity (Wildman–Crippen MR) is 57.6 cm³/mol. The minimum Gasteiger partial charge on any atom is -0.492 e. The van der Waals surface area contributed by atoms with Gasteiger partial charge in [-0.2, -0.15) is 0 Å². The van der Waals surface area contributed by atoms with Gasteiger partial charge in [0.15, 0.2) is 0 Å². The van der Waals surface area contributed by atoms with Crippen molar-refractivity contribution >= 4 is 11.6 Å². The average molecular weight is 206 g/mol. The van der Waals surface area contributed by atoms with Crippen molar-refractivity contribution in [1.29, 1.82) is 0 Å². The van der Waals surface area contributed by atoms with E-state index in [0.29, 0.717) is 29.5 Å². The lowest BCUT2D eigenvalue weighted by molar-refractivity contribution is 0.0996. The second-order valence-corrected chi connectivity index (χ2v) is 3.87. The lowest BCUT2D eigenvalue weighted by atomic mass is 10.1. The summed E-state index contributed by atoms with van der Waals surface area (Å²) in [6.45, 7) is 0.643. The van der Waals surface area contributed by atoms with E-state index in [1.54, 1.807) is 18.2 Å². The maximum Gasteiger partial charge on any atom is 0.252 e. The molecule has 1 fully saturated rings. The van der Waals surface area contributed by atoms with Crippen LogP contribution in [-0.2, 0) is 0 Å². The number of nitrogens with two attached hydrogens (primary N) is 2. The topological polar surface area (TPSA) is 78.3 Å². The SMILES string of the molecule is NC(=O)c1ccc(N)cc1OCC1CC1. The Morgan fingerprint density at radius 3 is 2.80 bits per heavy atom. The van der Waals surface area contributed by atoms with Gasteiger partial charge in [-0.3, -0.25) is 4.79 Å². The summed E-state index contributed by atoms with van der Waals surface area (Å²) in [5.74, 6) is 0.641. The van der Waals surface area contributed by atoms with E-state index in [1.807, 2.05) is 0 Å². The van der Waals surface area contributed by atoms with Crippen LogP contribution in [0.25, 0.3) is 0 Å². The largest absolute Gasteiger partial charge is 0.492 e. The maximum absolute atomic E-state index is 11.1. The van der Waals surface area contributed by atoms with E-state index in [4.69, 9.17) is 16.2 Å². The molecule has 0 atom stereocenters. The van der Waals surface area contributed by atoms with Crippen molar-refractivity contribution in [3.63, 3.8) is 0 Å². The normalized spacial score (nSPS) is 14.9. The summed E-state index contributed by atoms with van der Waals surface area (Å²) in [5.41, 5.74) is 11.8. The van der Waals surface area contributed by atoms with Crippen LogP contribution in [0.2, 0.25) is 0 Å². The van der Waals surface area contributed by atoms with Gasteiger partial charge in [0, 0.05) is 11.8 Å². The zero-order valence-electron chi connectivity index (χ0n) is 8.40. The highest BCUT2D eigenvalue weighted by Gasteiger charge is 2.22. The molecule has 4 nitrogen and oxygen atoms in total. The van der Waals surface area contributed by atoms with Gasteiger partial charge in [-0.15, -0.1) is 0 Å². The number of hydrogen-bond donors (Lipinski definition) is 2. The van der Waals surface area contributed by atoms with Gasteiger partial charge in [-0.05, 0) is 30.9 Å². The second-order valence-electron chi connectivity index (χ2n) is 3.87. The Labute approximate surface area is 88.2 Å². The predicted octanol–water partition coefficient (Wildman–Crippen LogP) is 1.16. The number of nitrogen functional groups attached to an aromatic ring is 1. The number of carbonyl (C=O) groups excluding carboxylic acids is 1. The third kappa shape index (κ3) is 2.40. The van der Waals surface area contributed by atoms with Gasteiger partial charge in [0.05, 0.1) is 12.2 Å². The minimum absolute atomic E-state index is 0.393. The summed E-state index contributed by atoms with van der Waals surface area (Å²) < 4.78 is 5.52. The van der Waals surface area contributed by atoms with Gasteiger partial charge in [0.25, 0.3) is 5.91 Å². The number of carbonyl (C=O) groups is 1. The van der Waals surface area contributed by atoms with E-state index in [9.17, 15) is 4.79 Å². The summed E-state index contributed by atoms with van der Waals surface area (Å²) in [4.78, 5) is 11.1. The lowest BCUT2D eigenvalue weighted by Gasteiger charge is -2.09. The molecule has 0 bridgehead atoms. The highest BCUT2D eigenvalue weighted by atomic mass is 16.5. The number of anilines is 1. The van der Waals surface area contributed by atoms with Crippen LogP contribution in [0.3, 0.4) is 0 Å². The molecule has 1 amide bonds. The van der Waals surface area contributed by atoms with Crippen LogP contribution in [0.4, 0.5) is 5.69 Å². The fraction of sp³-hybridized carbons (Fsp3) is 0.364. The number of hydrogen-bond acceptors (Lipinski definition) is 3. The third-order valence-corrected chi connectivity index (χ3v) is 2.44. The van der Waals surface area contributed by atoms with Crippen LogP contribution in [0, 0.1) is 5.92 Å². The average Bonchev–Trinajstić information content (AvgIpc) is 2.97. The van der Waals surface area contributed by atoms with Gasteiger partial charge in [-0.1, -0.05) is 0 Å². The standard InChI is InChI=1S/C11H14N2O2/c12-8-3-4-9(11(13)14)10(5-8)15-6-7-1-2-7/h3-5,7H,1-2,6,12H2,(H2,13,14). The number of ether oxygens (including phenoxy) is 1. The van der Waals surface area contributed by atoms with Crippen LogP contribution < -0.4 is 16.2 Å². The molecular formula is C11H14N2O2. The van der Waals surface area contributed by atoms with Crippen molar-refractivity contribution in [3.8, 4) is 5.75 Å². The van der Waals surface area contributed by atoms with Crippen molar-refractivity contribution in [3.05, 3.63) is 23.8 Å². The Morgan fingerprint density at radius 1 is 1.47 bits per heavy atom. The summed E-state index contributed by atoms with van der Waals surface area (Å²) in [7, 11) is 0. The van der Waals surface area contributed by atoms with Gasteiger partial charge in [0.2, 0.25) is 0 Å². The summed E-state index contributed by atoms with van der Waals surface area (Å²) in [5, 5.41) is 0. The smallest absolute Gasteiger partial charge is 0.252 e. The first kappa shape index (κ1) is 9.83. The number of benzene rings is 1. The Morgan fingerprint density at radius 2 is 2.20 bits per heavy atom. The van der Waals surface area contributed by atoms with Crippen LogP contribution in [0.15, 0.2) is 18.2 Å². The molecule has 1 aromatic rings. The molecule has 4 heteroatoms. The van der Waals surface area contributed by atoms with Crippen molar-refractivity contribution in [2.45, 2.75) is 12.8 Å².